The van der Waals surface area contributed by atoms with Crippen LogP contribution in [0.25, 0.3) is 6.08 Å². The summed E-state index contributed by atoms with van der Waals surface area (Å²) in [6, 6.07) is 16.9. The molecule has 0 aliphatic heterocycles. The highest BCUT2D eigenvalue weighted by Gasteiger charge is 2.26. The third-order valence-corrected chi connectivity index (χ3v) is 3.27. The van der Waals surface area contributed by atoms with E-state index in [-0.39, 0.29) is 5.78 Å². The van der Waals surface area contributed by atoms with Crippen molar-refractivity contribution >= 4 is 17.6 Å². The molecule has 0 fully saturated rings. The van der Waals surface area contributed by atoms with Crippen molar-refractivity contribution in [2.45, 2.75) is 6.42 Å². The fourth-order valence-corrected chi connectivity index (χ4v) is 2.30. The van der Waals surface area contributed by atoms with Gasteiger partial charge < -0.3 is 0 Å². The van der Waals surface area contributed by atoms with Crippen LogP contribution in [0.3, 0.4) is 0 Å². The van der Waals surface area contributed by atoms with E-state index in [1.807, 2.05) is 48.5 Å². The molecular formula is C17H12O2. The van der Waals surface area contributed by atoms with Crippen molar-refractivity contribution in [1.29, 1.82) is 0 Å². The molecule has 0 saturated carbocycles. The lowest BCUT2D eigenvalue weighted by molar-refractivity contribution is -0.111. The zero-order chi connectivity index (χ0) is 13.2. The smallest absolute Gasteiger partial charge is 0.233 e. The highest BCUT2D eigenvalue weighted by Crippen LogP contribution is 2.23. The Bertz CT molecular complexity index is 681. The van der Waals surface area contributed by atoms with Crippen LogP contribution < -0.4 is 0 Å². The van der Waals surface area contributed by atoms with E-state index < -0.39 is 5.78 Å². The summed E-state index contributed by atoms with van der Waals surface area (Å²) < 4.78 is 0. The highest BCUT2D eigenvalue weighted by atomic mass is 16.2. The van der Waals surface area contributed by atoms with E-state index >= 15 is 0 Å². The van der Waals surface area contributed by atoms with Crippen LogP contribution in [-0.2, 0) is 11.2 Å². The quantitative estimate of drug-likeness (QED) is 0.765. The Labute approximate surface area is 111 Å². The van der Waals surface area contributed by atoms with Gasteiger partial charge in [0.1, 0.15) is 0 Å². The molecule has 0 N–H and O–H groups in total. The third kappa shape index (κ3) is 2.13. The molecule has 92 valence electrons. The van der Waals surface area contributed by atoms with Crippen molar-refractivity contribution in [1.82, 2.24) is 0 Å². The minimum absolute atomic E-state index is 0.387. The fraction of sp³-hybridized carbons (Fsp3) is 0.0588. The van der Waals surface area contributed by atoms with Crippen molar-refractivity contribution in [2.75, 3.05) is 0 Å². The van der Waals surface area contributed by atoms with Gasteiger partial charge in [-0.2, -0.15) is 0 Å². The lowest BCUT2D eigenvalue weighted by atomic mass is 9.87. The van der Waals surface area contributed by atoms with Crippen LogP contribution in [0.5, 0.6) is 0 Å². The number of ketones is 2. The van der Waals surface area contributed by atoms with E-state index in [1.54, 1.807) is 12.1 Å². The third-order valence-electron chi connectivity index (χ3n) is 3.27. The number of hydrogen-bond acceptors (Lipinski definition) is 2. The number of rotatable bonds is 2. The lowest BCUT2D eigenvalue weighted by Gasteiger charge is -2.14. The van der Waals surface area contributed by atoms with Crippen LogP contribution in [-0.4, -0.2) is 11.6 Å². The minimum Gasteiger partial charge on any atom is -0.285 e. The van der Waals surface area contributed by atoms with E-state index in [1.165, 1.54) is 0 Å². The first-order valence-corrected chi connectivity index (χ1v) is 6.18. The molecule has 0 unspecified atom stereocenters. The van der Waals surface area contributed by atoms with Gasteiger partial charge in [0, 0.05) is 17.6 Å². The van der Waals surface area contributed by atoms with E-state index in [4.69, 9.17) is 0 Å². The van der Waals surface area contributed by atoms with Crippen LogP contribution in [0.15, 0.2) is 60.2 Å². The molecule has 3 rings (SSSR count). The van der Waals surface area contributed by atoms with Gasteiger partial charge in [0.05, 0.1) is 0 Å². The topological polar surface area (TPSA) is 34.1 Å². The maximum atomic E-state index is 12.1. The number of carbonyl (C=O) groups excluding carboxylic acids is 2. The first-order valence-electron chi connectivity index (χ1n) is 6.18. The van der Waals surface area contributed by atoms with Crippen LogP contribution in [0.4, 0.5) is 0 Å². The SMILES string of the molecule is O=C1C(=O)c2ccccc2C=C1Cc1ccccc1. The van der Waals surface area contributed by atoms with Gasteiger partial charge >= 0.3 is 0 Å². The second kappa shape index (κ2) is 4.65. The number of fused-ring (bicyclic) bond motifs is 1. The molecule has 2 heteroatoms. The number of benzene rings is 2. The van der Waals surface area contributed by atoms with Gasteiger partial charge in [0.2, 0.25) is 11.6 Å². The average Bonchev–Trinajstić information content (AvgIpc) is 2.46. The molecule has 0 bridgehead atoms. The molecule has 0 aromatic heterocycles. The molecule has 2 nitrogen and oxygen atoms in total. The normalized spacial score (nSPS) is 14.0. The Balaban J connectivity index is 2.01. The molecule has 2 aromatic carbocycles. The maximum absolute atomic E-state index is 12.1. The Morgan fingerprint density at radius 1 is 0.737 bits per heavy atom. The standard InChI is InChI=1S/C17H12O2/c18-16-14(10-12-6-2-1-3-7-12)11-13-8-4-5-9-15(13)17(16)19/h1-9,11H,10H2. The van der Waals surface area contributed by atoms with E-state index in [0.29, 0.717) is 17.6 Å². The molecule has 0 saturated heterocycles. The molecule has 1 aliphatic carbocycles. The first kappa shape index (κ1) is 11.6. The summed E-state index contributed by atoms with van der Waals surface area (Å²) in [6.07, 6.45) is 2.33. The predicted molar refractivity (Wildman–Crippen MR) is 73.9 cm³/mol. The van der Waals surface area contributed by atoms with Gasteiger partial charge in [-0.15, -0.1) is 0 Å². The van der Waals surface area contributed by atoms with Gasteiger partial charge in [-0.1, -0.05) is 54.6 Å². The molecule has 0 spiro atoms. The predicted octanol–water partition coefficient (Wildman–Crippen LogP) is 3.08. The summed E-state index contributed by atoms with van der Waals surface area (Å²) in [7, 11) is 0. The van der Waals surface area contributed by atoms with Crippen molar-refractivity contribution < 1.29 is 9.59 Å². The zero-order valence-corrected chi connectivity index (χ0v) is 10.3. The second-order valence-corrected chi connectivity index (χ2v) is 4.58. The molecule has 0 radical (unpaired) electrons. The molecule has 2 aromatic rings. The minimum atomic E-state index is -0.399. The van der Waals surface area contributed by atoms with Crippen molar-refractivity contribution in [2.24, 2.45) is 0 Å². The van der Waals surface area contributed by atoms with Gasteiger partial charge in [-0.25, -0.2) is 0 Å². The summed E-state index contributed by atoms with van der Waals surface area (Å²) in [5.74, 6) is -0.786. The maximum Gasteiger partial charge on any atom is 0.233 e. The zero-order valence-electron chi connectivity index (χ0n) is 10.3. The first-order chi connectivity index (χ1) is 9.25. The number of allylic oxidation sites excluding steroid dienone is 1. The van der Waals surface area contributed by atoms with E-state index in [9.17, 15) is 9.59 Å². The highest BCUT2D eigenvalue weighted by molar-refractivity contribution is 6.51. The number of Topliss-reactive ketones (excluding diaryl/α,β-unsaturated/α-hetero) is 2. The summed E-state index contributed by atoms with van der Waals surface area (Å²) in [6.45, 7) is 0. The Morgan fingerprint density at radius 3 is 2.21 bits per heavy atom. The molecule has 1 aliphatic rings. The van der Waals surface area contributed by atoms with Crippen molar-refractivity contribution in [3.8, 4) is 0 Å². The van der Waals surface area contributed by atoms with Gasteiger partial charge in [0.25, 0.3) is 0 Å². The summed E-state index contributed by atoms with van der Waals surface area (Å²) in [5, 5.41) is 0. The Kier molecular flexibility index (Phi) is 2.84. The Hall–Kier alpha value is -2.48. The largest absolute Gasteiger partial charge is 0.285 e. The number of hydrogen-bond donors (Lipinski definition) is 0. The molecule has 0 atom stereocenters. The van der Waals surface area contributed by atoms with Crippen LogP contribution in [0.2, 0.25) is 0 Å². The van der Waals surface area contributed by atoms with Gasteiger partial charge in [-0.3, -0.25) is 9.59 Å². The van der Waals surface area contributed by atoms with Crippen LogP contribution in [0.1, 0.15) is 21.5 Å². The van der Waals surface area contributed by atoms with Crippen molar-refractivity contribution in [3.05, 3.63) is 76.9 Å². The summed E-state index contributed by atoms with van der Waals surface area (Å²) in [4.78, 5) is 24.1. The molecule has 0 heterocycles. The molecular weight excluding hydrogens is 236 g/mol. The van der Waals surface area contributed by atoms with Gasteiger partial charge in [-0.05, 0) is 17.2 Å². The summed E-state index contributed by atoms with van der Waals surface area (Å²) >= 11 is 0. The molecule has 0 amide bonds. The van der Waals surface area contributed by atoms with E-state index in [0.717, 1.165) is 11.1 Å². The monoisotopic (exact) mass is 248 g/mol. The van der Waals surface area contributed by atoms with Gasteiger partial charge in [0.15, 0.2) is 0 Å². The average molecular weight is 248 g/mol. The summed E-state index contributed by atoms with van der Waals surface area (Å²) in [5.41, 5.74) is 2.94. The van der Waals surface area contributed by atoms with Crippen LogP contribution >= 0.6 is 0 Å². The molecule has 19 heavy (non-hydrogen) atoms. The second-order valence-electron chi connectivity index (χ2n) is 4.58. The van der Waals surface area contributed by atoms with Crippen molar-refractivity contribution in [3.63, 3.8) is 0 Å². The van der Waals surface area contributed by atoms with Crippen LogP contribution in [0, 0.1) is 0 Å². The number of carbonyl (C=O) groups is 2. The fourth-order valence-electron chi connectivity index (χ4n) is 2.30. The van der Waals surface area contributed by atoms with E-state index in [2.05, 4.69) is 0 Å². The lowest BCUT2D eigenvalue weighted by Crippen LogP contribution is -2.22. The Morgan fingerprint density at radius 2 is 1.42 bits per heavy atom.